The first-order valence-electron chi connectivity index (χ1n) is 8.45. The van der Waals surface area contributed by atoms with Gasteiger partial charge in [0.15, 0.2) is 9.84 Å². The van der Waals surface area contributed by atoms with E-state index in [1.807, 2.05) is 0 Å². The molecule has 0 bridgehead atoms. The summed E-state index contributed by atoms with van der Waals surface area (Å²) in [4.78, 5) is 14.3. The summed E-state index contributed by atoms with van der Waals surface area (Å²) in [6, 6.07) is 8.45. The lowest BCUT2D eigenvalue weighted by Crippen LogP contribution is -2.38. The predicted molar refractivity (Wildman–Crippen MR) is 99.5 cm³/mol. The molecule has 1 saturated heterocycles. The number of carbonyl (C=O) groups is 1. The van der Waals surface area contributed by atoms with Crippen LogP contribution in [0.2, 0.25) is 0 Å². The van der Waals surface area contributed by atoms with Gasteiger partial charge in [-0.25, -0.2) is 8.42 Å². The third-order valence-electron chi connectivity index (χ3n) is 4.55. The summed E-state index contributed by atoms with van der Waals surface area (Å²) in [5.74, 6) is 0.821. The molecule has 0 saturated carbocycles. The van der Waals surface area contributed by atoms with Crippen LogP contribution in [0.15, 0.2) is 24.3 Å². The number of hydrogen-bond donors (Lipinski definition) is 1. The van der Waals surface area contributed by atoms with Crippen LogP contribution in [0.3, 0.4) is 0 Å². The fourth-order valence-corrected chi connectivity index (χ4v) is 6.78. The van der Waals surface area contributed by atoms with E-state index in [9.17, 15) is 13.2 Å². The lowest BCUT2D eigenvalue weighted by molar-refractivity contribution is -0.118. The van der Waals surface area contributed by atoms with E-state index < -0.39 is 9.84 Å². The minimum absolute atomic E-state index is 0.00501. The number of amides is 1. The number of anilines is 1. The monoisotopic (exact) mass is 368 g/mol. The van der Waals surface area contributed by atoms with Crippen molar-refractivity contribution in [2.45, 2.75) is 24.5 Å². The number of fused-ring (bicyclic) bond motifs is 1. The standard InChI is InChI=1S/C17H24N2O3S2/c20-17(12-23-15-7-11-24(21,22)13-15)18-8-10-19-9-3-5-14-4-1-2-6-16(14)19/h1-2,4,6,15H,3,5,7-13H2,(H,18,20)/t15-/m0/s1. The molecule has 2 heterocycles. The van der Waals surface area contributed by atoms with Crippen molar-refractivity contribution >= 4 is 33.2 Å². The first-order valence-corrected chi connectivity index (χ1v) is 11.3. The van der Waals surface area contributed by atoms with Crippen molar-refractivity contribution in [3.8, 4) is 0 Å². The van der Waals surface area contributed by atoms with Gasteiger partial charge in [0.05, 0.1) is 17.3 Å². The number of rotatable bonds is 6. The van der Waals surface area contributed by atoms with Gasteiger partial charge in [0.25, 0.3) is 0 Å². The molecule has 1 fully saturated rings. The number of carbonyl (C=O) groups excluding carboxylic acids is 1. The van der Waals surface area contributed by atoms with Gasteiger partial charge in [0.1, 0.15) is 0 Å². The molecule has 132 valence electrons. The Kier molecular flexibility index (Phi) is 5.71. The summed E-state index contributed by atoms with van der Waals surface area (Å²) >= 11 is 1.46. The van der Waals surface area contributed by atoms with Crippen molar-refractivity contribution in [3.63, 3.8) is 0 Å². The van der Waals surface area contributed by atoms with Gasteiger partial charge in [-0.05, 0) is 30.9 Å². The highest BCUT2D eigenvalue weighted by molar-refractivity contribution is 8.02. The van der Waals surface area contributed by atoms with Gasteiger partial charge < -0.3 is 10.2 Å². The third-order valence-corrected chi connectivity index (χ3v) is 7.83. The van der Waals surface area contributed by atoms with Crippen LogP contribution in [0.4, 0.5) is 5.69 Å². The molecule has 0 aliphatic carbocycles. The summed E-state index contributed by atoms with van der Waals surface area (Å²) in [5, 5.41) is 3.03. The molecule has 24 heavy (non-hydrogen) atoms. The fourth-order valence-electron chi connectivity index (χ4n) is 3.31. The highest BCUT2D eigenvalue weighted by atomic mass is 32.2. The Morgan fingerprint density at radius 2 is 2.17 bits per heavy atom. The van der Waals surface area contributed by atoms with Gasteiger partial charge in [-0.1, -0.05) is 18.2 Å². The number of nitrogens with one attached hydrogen (secondary N) is 1. The second-order valence-electron chi connectivity index (χ2n) is 6.41. The molecule has 1 N–H and O–H groups in total. The van der Waals surface area contributed by atoms with Gasteiger partial charge >= 0.3 is 0 Å². The number of nitrogens with zero attached hydrogens (tertiary/aromatic N) is 1. The summed E-state index contributed by atoms with van der Waals surface area (Å²) < 4.78 is 22.8. The Morgan fingerprint density at radius 1 is 1.33 bits per heavy atom. The molecular formula is C17H24N2O3S2. The van der Waals surface area contributed by atoms with Crippen molar-refractivity contribution < 1.29 is 13.2 Å². The van der Waals surface area contributed by atoms with Crippen molar-refractivity contribution in [2.75, 3.05) is 41.8 Å². The molecule has 1 atom stereocenters. The molecule has 1 aromatic rings. The molecule has 0 spiro atoms. The van der Waals surface area contributed by atoms with Crippen LogP contribution in [0.1, 0.15) is 18.4 Å². The molecule has 2 aliphatic rings. The van der Waals surface area contributed by atoms with E-state index in [1.54, 1.807) is 0 Å². The average molecular weight is 369 g/mol. The number of sulfone groups is 1. The molecule has 1 aromatic carbocycles. The summed E-state index contributed by atoms with van der Waals surface area (Å²) in [7, 11) is -2.86. The molecule has 0 radical (unpaired) electrons. The number of para-hydroxylation sites is 1. The predicted octanol–water partition coefficient (Wildman–Crippen LogP) is 1.48. The van der Waals surface area contributed by atoms with E-state index >= 15 is 0 Å². The molecular weight excluding hydrogens is 344 g/mol. The minimum atomic E-state index is -2.86. The molecule has 0 unspecified atom stereocenters. The van der Waals surface area contributed by atoms with Crippen LogP contribution in [0, 0.1) is 0 Å². The molecule has 0 aromatic heterocycles. The smallest absolute Gasteiger partial charge is 0.230 e. The van der Waals surface area contributed by atoms with Crippen LogP contribution in [0.25, 0.3) is 0 Å². The molecule has 3 rings (SSSR count). The number of hydrogen-bond acceptors (Lipinski definition) is 5. The second kappa shape index (κ2) is 7.78. The maximum absolute atomic E-state index is 11.9. The van der Waals surface area contributed by atoms with Crippen LogP contribution in [-0.2, 0) is 21.1 Å². The largest absolute Gasteiger partial charge is 0.370 e. The van der Waals surface area contributed by atoms with Crippen molar-refractivity contribution in [3.05, 3.63) is 29.8 Å². The van der Waals surface area contributed by atoms with Gasteiger partial charge in [0.2, 0.25) is 5.91 Å². The molecule has 5 nitrogen and oxygen atoms in total. The van der Waals surface area contributed by atoms with Crippen molar-refractivity contribution in [1.29, 1.82) is 0 Å². The fraction of sp³-hybridized carbons (Fsp3) is 0.588. The third kappa shape index (κ3) is 4.66. The highest BCUT2D eigenvalue weighted by Crippen LogP contribution is 2.26. The first-order chi connectivity index (χ1) is 11.5. The van der Waals surface area contributed by atoms with E-state index in [2.05, 4.69) is 34.5 Å². The minimum Gasteiger partial charge on any atom is -0.370 e. The lowest BCUT2D eigenvalue weighted by Gasteiger charge is -2.31. The topological polar surface area (TPSA) is 66.5 Å². The van der Waals surface area contributed by atoms with Gasteiger partial charge in [-0.15, -0.1) is 11.8 Å². The normalized spacial score (nSPS) is 22.2. The zero-order valence-corrected chi connectivity index (χ0v) is 15.4. The Bertz CT molecular complexity index is 691. The SMILES string of the molecule is O=C(CS[C@H]1CCS(=O)(=O)C1)NCCN1CCCc2ccccc21. The molecule has 7 heteroatoms. The zero-order valence-electron chi connectivity index (χ0n) is 13.7. The van der Waals surface area contributed by atoms with Gasteiger partial charge in [0, 0.05) is 30.6 Å². The lowest BCUT2D eigenvalue weighted by atomic mass is 10.0. The van der Waals surface area contributed by atoms with Crippen molar-refractivity contribution in [1.82, 2.24) is 5.32 Å². The first kappa shape index (κ1) is 17.6. The zero-order chi connectivity index (χ0) is 17.0. The van der Waals surface area contributed by atoms with E-state index in [1.165, 1.54) is 23.0 Å². The van der Waals surface area contributed by atoms with Crippen LogP contribution in [-0.4, -0.2) is 56.5 Å². The Morgan fingerprint density at radius 3 is 2.96 bits per heavy atom. The number of thioether (sulfide) groups is 1. The molecule has 2 aliphatic heterocycles. The highest BCUT2D eigenvalue weighted by Gasteiger charge is 2.28. The maximum atomic E-state index is 11.9. The van der Waals surface area contributed by atoms with E-state index in [4.69, 9.17) is 0 Å². The van der Waals surface area contributed by atoms with Gasteiger partial charge in [-0.3, -0.25) is 4.79 Å². The van der Waals surface area contributed by atoms with E-state index in [0.29, 0.717) is 18.7 Å². The Labute approximate surface area is 148 Å². The maximum Gasteiger partial charge on any atom is 0.230 e. The van der Waals surface area contributed by atoms with E-state index in [-0.39, 0.29) is 22.7 Å². The molecule has 1 amide bonds. The summed E-state index contributed by atoms with van der Waals surface area (Å²) in [6.07, 6.45) is 2.95. The van der Waals surface area contributed by atoms with Crippen molar-refractivity contribution in [2.24, 2.45) is 0 Å². The Balaban J connectivity index is 1.38. The second-order valence-corrected chi connectivity index (χ2v) is 9.92. The quantitative estimate of drug-likeness (QED) is 0.824. The average Bonchev–Trinajstić information content (AvgIpc) is 2.92. The summed E-state index contributed by atoms with van der Waals surface area (Å²) in [5.41, 5.74) is 2.66. The van der Waals surface area contributed by atoms with Crippen LogP contribution < -0.4 is 10.2 Å². The Hall–Kier alpha value is -1.21. The van der Waals surface area contributed by atoms with Gasteiger partial charge in [-0.2, -0.15) is 0 Å². The van der Waals surface area contributed by atoms with E-state index in [0.717, 1.165) is 25.9 Å². The summed E-state index contributed by atoms with van der Waals surface area (Å²) in [6.45, 7) is 2.46. The van der Waals surface area contributed by atoms with Crippen LogP contribution >= 0.6 is 11.8 Å². The number of benzene rings is 1. The number of aryl methyl sites for hydroxylation is 1. The van der Waals surface area contributed by atoms with Crippen LogP contribution in [0.5, 0.6) is 0 Å².